The summed E-state index contributed by atoms with van der Waals surface area (Å²) >= 11 is 0. The maximum atomic E-state index is 11.3. The van der Waals surface area contributed by atoms with E-state index in [1.54, 1.807) is 41.3 Å². The topological polar surface area (TPSA) is 98.5 Å². The van der Waals surface area contributed by atoms with Gasteiger partial charge in [0, 0.05) is 17.8 Å². The van der Waals surface area contributed by atoms with Gasteiger partial charge in [0.25, 0.3) is 0 Å². The molecule has 0 aliphatic rings. The van der Waals surface area contributed by atoms with E-state index in [0.29, 0.717) is 22.8 Å². The third kappa shape index (κ3) is 2.84. The largest absolute Gasteiger partial charge is 0.496 e. The van der Waals surface area contributed by atoms with Crippen molar-refractivity contribution in [1.82, 2.24) is 19.6 Å². The van der Waals surface area contributed by atoms with Crippen molar-refractivity contribution in [2.45, 2.75) is 0 Å². The first kappa shape index (κ1) is 14.3. The molecular weight excluding hydrogens is 306 g/mol. The lowest BCUT2D eigenvalue weighted by atomic mass is 10.1. The smallest absolute Gasteiger partial charge is 0.229 e. The van der Waals surface area contributed by atoms with Crippen LogP contribution in [0.15, 0.2) is 36.9 Å². The van der Waals surface area contributed by atoms with Gasteiger partial charge in [-0.25, -0.2) is 13.4 Å². The van der Waals surface area contributed by atoms with Crippen molar-refractivity contribution in [3.05, 3.63) is 36.9 Å². The summed E-state index contributed by atoms with van der Waals surface area (Å²) in [6, 6.07) is 5.01. The number of methoxy groups -OCH3 is 1. The number of nitrogens with zero attached hydrogens (tertiary/aromatic N) is 4. The van der Waals surface area contributed by atoms with E-state index in [1.165, 1.54) is 7.11 Å². The van der Waals surface area contributed by atoms with Gasteiger partial charge in [0.05, 0.1) is 30.9 Å². The highest BCUT2D eigenvalue weighted by molar-refractivity contribution is 7.92. The maximum Gasteiger partial charge on any atom is 0.229 e. The molecule has 0 amide bonds. The summed E-state index contributed by atoms with van der Waals surface area (Å²) in [5.74, 6) is 0.512. The SMILES string of the molecule is COc1cc(NS(C)(=O)=O)ccc1-c1cn2cnncc2n1. The van der Waals surface area contributed by atoms with E-state index in [2.05, 4.69) is 19.9 Å². The third-order valence-corrected chi connectivity index (χ3v) is 3.56. The fraction of sp³-hybridized carbons (Fsp3) is 0.154. The maximum absolute atomic E-state index is 11.3. The summed E-state index contributed by atoms with van der Waals surface area (Å²) in [5.41, 5.74) is 2.50. The highest BCUT2D eigenvalue weighted by atomic mass is 32.2. The summed E-state index contributed by atoms with van der Waals surface area (Å²) in [7, 11) is -1.83. The molecule has 0 atom stereocenters. The minimum absolute atomic E-state index is 0.426. The van der Waals surface area contributed by atoms with E-state index < -0.39 is 10.0 Å². The Hall–Kier alpha value is -2.68. The number of sulfonamides is 1. The predicted molar refractivity (Wildman–Crippen MR) is 81.2 cm³/mol. The first-order valence-electron chi connectivity index (χ1n) is 6.28. The molecule has 8 nitrogen and oxygen atoms in total. The highest BCUT2D eigenvalue weighted by Crippen LogP contribution is 2.32. The van der Waals surface area contributed by atoms with Crippen LogP contribution in [0.3, 0.4) is 0 Å². The van der Waals surface area contributed by atoms with Gasteiger partial charge in [0.1, 0.15) is 12.1 Å². The van der Waals surface area contributed by atoms with Crippen molar-refractivity contribution < 1.29 is 13.2 Å². The highest BCUT2D eigenvalue weighted by Gasteiger charge is 2.12. The van der Waals surface area contributed by atoms with Gasteiger partial charge in [-0.1, -0.05) is 0 Å². The zero-order chi connectivity index (χ0) is 15.7. The van der Waals surface area contributed by atoms with Crippen molar-refractivity contribution in [2.24, 2.45) is 0 Å². The molecule has 1 N–H and O–H groups in total. The summed E-state index contributed by atoms with van der Waals surface area (Å²) in [5, 5.41) is 7.56. The van der Waals surface area contributed by atoms with Crippen molar-refractivity contribution >= 4 is 21.4 Å². The molecule has 0 spiro atoms. The number of ether oxygens (including phenoxy) is 1. The van der Waals surface area contributed by atoms with Crippen LogP contribution in [0, 0.1) is 0 Å². The van der Waals surface area contributed by atoms with E-state index >= 15 is 0 Å². The van der Waals surface area contributed by atoms with E-state index in [-0.39, 0.29) is 0 Å². The molecular formula is C13H13N5O3S. The van der Waals surface area contributed by atoms with Crippen molar-refractivity contribution in [3.63, 3.8) is 0 Å². The van der Waals surface area contributed by atoms with Crippen molar-refractivity contribution in [3.8, 4) is 17.0 Å². The molecule has 0 unspecified atom stereocenters. The Kier molecular flexibility index (Phi) is 3.41. The molecule has 0 saturated heterocycles. The van der Waals surface area contributed by atoms with Crippen LogP contribution < -0.4 is 9.46 Å². The van der Waals surface area contributed by atoms with E-state index in [0.717, 1.165) is 11.8 Å². The van der Waals surface area contributed by atoms with Crippen LogP contribution in [0.4, 0.5) is 5.69 Å². The Balaban J connectivity index is 2.06. The van der Waals surface area contributed by atoms with E-state index in [4.69, 9.17) is 4.74 Å². The first-order chi connectivity index (χ1) is 10.5. The molecule has 1 aromatic carbocycles. The Morgan fingerprint density at radius 2 is 2.09 bits per heavy atom. The number of hydrogen-bond acceptors (Lipinski definition) is 6. The normalized spacial score (nSPS) is 11.5. The van der Waals surface area contributed by atoms with E-state index in [9.17, 15) is 8.42 Å². The number of fused-ring (bicyclic) bond motifs is 1. The molecule has 2 heterocycles. The van der Waals surface area contributed by atoms with Crippen LogP contribution in [0.25, 0.3) is 16.9 Å². The van der Waals surface area contributed by atoms with Gasteiger partial charge >= 0.3 is 0 Å². The summed E-state index contributed by atoms with van der Waals surface area (Å²) in [6.07, 6.45) is 5.99. The second-order valence-electron chi connectivity index (χ2n) is 4.66. The molecule has 3 aromatic rings. The van der Waals surface area contributed by atoms with Gasteiger partial charge in [-0.2, -0.15) is 5.10 Å². The van der Waals surface area contributed by atoms with Crippen molar-refractivity contribution in [2.75, 3.05) is 18.1 Å². The average Bonchev–Trinajstić information content (AvgIpc) is 2.89. The standard InChI is InChI=1S/C13H13N5O3S/c1-21-12-5-9(17-22(2,19)20)3-4-10(12)11-7-18-8-15-14-6-13(18)16-11/h3-8,17H,1-2H3. The summed E-state index contributed by atoms with van der Waals surface area (Å²) in [4.78, 5) is 4.44. The number of benzene rings is 1. The number of rotatable bonds is 4. The molecule has 0 fully saturated rings. The van der Waals surface area contributed by atoms with Gasteiger partial charge in [0.2, 0.25) is 10.0 Å². The molecule has 0 bridgehead atoms. The monoisotopic (exact) mass is 319 g/mol. The molecule has 9 heteroatoms. The summed E-state index contributed by atoms with van der Waals surface area (Å²) < 4.78 is 32.1. The molecule has 114 valence electrons. The number of imidazole rings is 1. The zero-order valence-corrected chi connectivity index (χ0v) is 12.7. The van der Waals surface area contributed by atoms with Crippen LogP contribution in [0.2, 0.25) is 0 Å². The molecule has 22 heavy (non-hydrogen) atoms. The second kappa shape index (κ2) is 5.26. The van der Waals surface area contributed by atoms with Gasteiger partial charge < -0.3 is 4.74 Å². The summed E-state index contributed by atoms with van der Waals surface area (Å²) in [6.45, 7) is 0. The average molecular weight is 319 g/mol. The number of aromatic nitrogens is 4. The van der Waals surface area contributed by atoms with Gasteiger partial charge in [-0.15, -0.1) is 5.10 Å². The van der Waals surface area contributed by atoms with Crippen molar-refractivity contribution in [1.29, 1.82) is 0 Å². The minimum Gasteiger partial charge on any atom is -0.496 e. The third-order valence-electron chi connectivity index (χ3n) is 2.96. The number of hydrogen-bond donors (Lipinski definition) is 1. The molecule has 0 aliphatic heterocycles. The fourth-order valence-corrected chi connectivity index (χ4v) is 2.63. The zero-order valence-electron chi connectivity index (χ0n) is 11.9. The lowest BCUT2D eigenvalue weighted by Gasteiger charge is -2.09. The number of nitrogens with one attached hydrogen (secondary N) is 1. The van der Waals surface area contributed by atoms with Crippen LogP contribution >= 0.6 is 0 Å². The van der Waals surface area contributed by atoms with Crippen LogP contribution in [-0.4, -0.2) is 41.4 Å². The lowest BCUT2D eigenvalue weighted by Crippen LogP contribution is -2.09. The Labute approximate surface area is 126 Å². The molecule has 0 saturated carbocycles. The van der Waals surface area contributed by atoms with Gasteiger partial charge in [0.15, 0.2) is 5.65 Å². The first-order valence-corrected chi connectivity index (χ1v) is 8.17. The molecule has 3 rings (SSSR count). The Bertz CT molecular complexity index is 903. The fourth-order valence-electron chi connectivity index (χ4n) is 2.08. The van der Waals surface area contributed by atoms with Crippen LogP contribution in [0.1, 0.15) is 0 Å². The van der Waals surface area contributed by atoms with Crippen LogP contribution in [-0.2, 0) is 10.0 Å². The van der Waals surface area contributed by atoms with E-state index in [1.807, 2.05) is 0 Å². The lowest BCUT2D eigenvalue weighted by molar-refractivity contribution is 0.416. The predicted octanol–water partition coefficient (Wildman–Crippen LogP) is 1.17. The Morgan fingerprint density at radius 3 is 2.77 bits per heavy atom. The van der Waals surface area contributed by atoms with Gasteiger partial charge in [-0.3, -0.25) is 9.12 Å². The number of anilines is 1. The molecule has 0 radical (unpaired) electrons. The molecule has 2 aromatic heterocycles. The van der Waals surface area contributed by atoms with Crippen LogP contribution in [0.5, 0.6) is 5.75 Å². The quantitative estimate of drug-likeness (QED) is 0.775. The second-order valence-corrected chi connectivity index (χ2v) is 6.40. The molecule has 0 aliphatic carbocycles. The van der Waals surface area contributed by atoms with Gasteiger partial charge in [-0.05, 0) is 12.1 Å². The Morgan fingerprint density at radius 1 is 1.27 bits per heavy atom. The minimum atomic E-state index is -3.34.